The van der Waals surface area contributed by atoms with E-state index in [-0.39, 0.29) is 28.0 Å². The summed E-state index contributed by atoms with van der Waals surface area (Å²) in [4.78, 5) is 31.6. The lowest BCUT2D eigenvalue weighted by molar-refractivity contribution is 0.414. The normalized spacial score (nSPS) is 15.0. The van der Waals surface area contributed by atoms with Crippen LogP contribution in [0.15, 0.2) is 62.5 Å². The highest BCUT2D eigenvalue weighted by Gasteiger charge is 2.25. The van der Waals surface area contributed by atoms with Crippen LogP contribution in [0.25, 0.3) is 27.8 Å². The average Bonchev–Trinajstić information content (AvgIpc) is 2.79. The summed E-state index contributed by atoms with van der Waals surface area (Å²) in [6.07, 6.45) is 5.34. The molecule has 0 atom stereocenters. The summed E-state index contributed by atoms with van der Waals surface area (Å²) in [7, 11) is 1.55. The van der Waals surface area contributed by atoms with E-state index in [0.29, 0.717) is 28.2 Å². The van der Waals surface area contributed by atoms with Gasteiger partial charge < -0.3 is 9.15 Å². The van der Waals surface area contributed by atoms with Crippen molar-refractivity contribution >= 4 is 22.1 Å². The van der Waals surface area contributed by atoms with E-state index in [1.54, 1.807) is 29.9 Å². The highest BCUT2D eigenvalue weighted by molar-refractivity contribution is 5.88. The van der Waals surface area contributed by atoms with E-state index < -0.39 is 0 Å². The molecule has 1 aliphatic carbocycles. The Kier molecular flexibility index (Phi) is 4.62. The number of nitrogens with zero attached hydrogens (tertiary/aromatic N) is 2. The first-order chi connectivity index (χ1) is 14.7. The van der Waals surface area contributed by atoms with E-state index in [9.17, 15) is 9.59 Å². The van der Waals surface area contributed by atoms with E-state index in [2.05, 4.69) is 0 Å². The second-order valence-corrected chi connectivity index (χ2v) is 7.75. The zero-order valence-corrected chi connectivity index (χ0v) is 16.8. The molecule has 2 aromatic carbocycles. The van der Waals surface area contributed by atoms with Crippen LogP contribution in [0, 0.1) is 0 Å². The number of para-hydroxylation sites is 1. The molecule has 0 radical (unpaired) electrons. The molecule has 0 aliphatic heterocycles. The predicted octanol–water partition coefficient (Wildman–Crippen LogP) is 4.55. The van der Waals surface area contributed by atoms with Crippen LogP contribution in [-0.2, 0) is 0 Å². The first-order valence-corrected chi connectivity index (χ1v) is 10.3. The Morgan fingerprint density at radius 3 is 2.53 bits per heavy atom. The predicted molar refractivity (Wildman–Crippen MR) is 116 cm³/mol. The zero-order chi connectivity index (χ0) is 20.7. The third kappa shape index (κ3) is 3.00. The van der Waals surface area contributed by atoms with Crippen molar-refractivity contribution in [3.05, 3.63) is 74.9 Å². The molecule has 0 saturated heterocycles. The molecular weight excluding hydrogens is 380 g/mol. The Bertz CT molecular complexity index is 1350. The minimum atomic E-state index is -0.377. The van der Waals surface area contributed by atoms with Crippen molar-refractivity contribution < 1.29 is 9.15 Å². The van der Waals surface area contributed by atoms with Crippen molar-refractivity contribution in [2.24, 2.45) is 0 Å². The highest BCUT2D eigenvalue weighted by Crippen LogP contribution is 2.33. The molecule has 0 amide bonds. The van der Waals surface area contributed by atoms with Crippen LogP contribution < -0.4 is 15.7 Å². The van der Waals surface area contributed by atoms with Gasteiger partial charge in [0.2, 0.25) is 11.1 Å². The summed E-state index contributed by atoms with van der Waals surface area (Å²) in [5.41, 5.74) is 0.431. The fourth-order valence-electron chi connectivity index (χ4n) is 4.39. The fraction of sp³-hybridized carbons (Fsp3) is 0.292. The van der Waals surface area contributed by atoms with Crippen molar-refractivity contribution in [3.63, 3.8) is 0 Å². The van der Waals surface area contributed by atoms with Crippen LogP contribution >= 0.6 is 0 Å². The van der Waals surface area contributed by atoms with Gasteiger partial charge in [0.1, 0.15) is 17.2 Å². The Balaban J connectivity index is 1.87. The minimum Gasteiger partial charge on any atom is -0.497 e. The molecule has 2 heterocycles. The van der Waals surface area contributed by atoms with Crippen LogP contribution in [0.1, 0.15) is 43.8 Å². The van der Waals surface area contributed by atoms with Crippen LogP contribution in [-0.4, -0.2) is 16.7 Å². The van der Waals surface area contributed by atoms with Gasteiger partial charge in [-0.05, 0) is 37.1 Å². The van der Waals surface area contributed by atoms with E-state index in [4.69, 9.17) is 14.1 Å². The summed E-state index contributed by atoms with van der Waals surface area (Å²) in [5.74, 6) is 1.40. The second-order valence-electron chi connectivity index (χ2n) is 7.75. The second kappa shape index (κ2) is 7.44. The summed E-state index contributed by atoms with van der Waals surface area (Å²) >= 11 is 0. The van der Waals surface area contributed by atoms with Gasteiger partial charge in [-0.15, -0.1) is 0 Å². The summed E-state index contributed by atoms with van der Waals surface area (Å²) < 4.78 is 12.8. The van der Waals surface area contributed by atoms with E-state index >= 15 is 0 Å². The number of methoxy groups -OCH3 is 1. The molecule has 6 nitrogen and oxygen atoms in total. The molecule has 2 aromatic heterocycles. The number of aromatic nitrogens is 2. The summed E-state index contributed by atoms with van der Waals surface area (Å²) in [6, 6.07) is 14.4. The monoisotopic (exact) mass is 402 g/mol. The van der Waals surface area contributed by atoms with Crippen LogP contribution in [0.2, 0.25) is 0 Å². The number of rotatable bonds is 3. The summed E-state index contributed by atoms with van der Waals surface area (Å²) in [6.45, 7) is 0. The van der Waals surface area contributed by atoms with Crippen molar-refractivity contribution in [1.82, 2.24) is 9.55 Å². The van der Waals surface area contributed by atoms with Crippen LogP contribution in [0.5, 0.6) is 5.75 Å². The SMILES string of the molecule is COc1ccc2c(=O)c3c(=O)n(-c4ccccc4)c(C4CCCCC4)nc3oc2c1. The summed E-state index contributed by atoms with van der Waals surface area (Å²) in [5, 5.41) is 0.323. The lowest BCUT2D eigenvalue weighted by Gasteiger charge is -2.24. The molecule has 0 unspecified atom stereocenters. The first kappa shape index (κ1) is 18.6. The molecule has 5 rings (SSSR count). The zero-order valence-electron chi connectivity index (χ0n) is 16.8. The maximum Gasteiger partial charge on any atom is 0.273 e. The third-order valence-corrected chi connectivity index (χ3v) is 5.93. The molecule has 1 fully saturated rings. The maximum absolute atomic E-state index is 13.6. The van der Waals surface area contributed by atoms with E-state index in [1.165, 1.54) is 6.42 Å². The maximum atomic E-state index is 13.6. The number of benzene rings is 2. The molecule has 0 spiro atoms. The van der Waals surface area contributed by atoms with Gasteiger partial charge in [-0.25, -0.2) is 0 Å². The van der Waals surface area contributed by atoms with Crippen molar-refractivity contribution in [2.45, 2.75) is 38.0 Å². The molecule has 1 aliphatic rings. The molecular formula is C24H22N2O4. The molecule has 0 bridgehead atoms. The molecule has 0 N–H and O–H groups in total. The Morgan fingerprint density at radius 2 is 1.80 bits per heavy atom. The molecule has 6 heteroatoms. The van der Waals surface area contributed by atoms with E-state index in [0.717, 1.165) is 25.7 Å². The quantitative estimate of drug-likeness (QED) is 0.470. The van der Waals surface area contributed by atoms with Gasteiger partial charge in [-0.3, -0.25) is 14.2 Å². The largest absolute Gasteiger partial charge is 0.497 e. The molecule has 4 aromatic rings. The van der Waals surface area contributed by atoms with Gasteiger partial charge >= 0.3 is 0 Å². The minimum absolute atomic E-state index is 0.0175. The highest BCUT2D eigenvalue weighted by atomic mass is 16.5. The van der Waals surface area contributed by atoms with Crippen molar-refractivity contribution in [1.29, 1.82) is 0 Å². The fourth-order valence-corrected chi connectivity index (χ4v) is 4.39. The molecule has 1 saturated carbocycles. The first-order valence-electron chi connectivity index (χ1n) is 10.3. The average molecular weight is 402 g/mol. The Hall–Kier alpha value is -3.41. The standard InChI is InChI=1S/C24H22N2O4/c1-29-17-12-13-18-19(14-17)30-23-20(21(18)27)24(28)26(16-10-6-3-7-11-16)22(25-23)15-8-4-2-5-9-15/h3,6-7,10-15H,2,4-5,8-9H2,1H3. The number of fused-ring (bicyclic) bond motifs is 2. The lowest BCUT2D eigenvalue weighted by atomic mass is 9.88. The smallest absolute Gasteiger partial charge is 0.273 e. The third-order valence-electron chi connectivity index (χ3n) is 5.93. The van der Waals surface area contributed by atoms with Crippen molar-refractivity contribution in [2.75, 3.05) is 7.11 Å². The number of ether oxygens (including phenoxy) is 1. The number of hydrogen-bond acceptors (Lipinski definition) is 5. The van der Waals surface area contributed by atoms with E-state index in [1.807, 2.05) is 30.3 Å². The van der Waals surface area contributed by atoms with Crippen molar-refractivity contribution in [3.8, 4) is 11.4 Å². The van der Waals surface area contributed by atoms with Gasteiger partial charge in [0.05, 0.1) is 18.2 Å². The Morgan fingerprint density at radius 1 is 1.03 bits per heavy atom. The lowest BCUT2D eigenvalue weighted by Crippen LogP contribution is -2.29. The van der Waals surface area contributed by atoms with Gasteiger partial charge in [0.25, 0.3) is 5.56 Å². The number of hydrogen-bond donors (Lipinski definition) is 0. The topological polar surface area (TPSA) is 74.3 Å². The molecule has 30 heavy (non-hydrogen) atoms. The van der Waals surface area contributed by atoms with Crippen LogP contribution in [0.3, 0.4) is 0 Å². The van der Waals surface area contributed by atoms with Gasteiger partial charge in [0.15, 0.2) is 5.39 Å². The Labute approximate surface area is 172 Å². The van der Waals surface area contributed by atoms with Gasteiger partial charge in [0, 0.05) is 12.0 Å². The van der Waals surface area contributed by atoms with Gasteiger partial charge in [-0.1, -0.05) is 37.5 Å². The molecule has 152 valence electrons. The van der Waals surface area contributed by atoms with Crippen LogP contribution in [0.4, 0.5) is 0 Å². The van der Waals surface area contributed by atoms with Gasteiger partial charge in [-0.2, -0.15) is 4.98 Å².